The molecular formula is C23H30FN3O3S. The number of amides is 1. The van der Waals surface area contributed by atoms with Gasteiger partial charge in [0.05, 0.1) is 11.9 Å². The molecule has 6 nitrogen and oxygen atoms in total. The fraction of sp³-hybridized carbons (Fsp3) is 0.435. The Balaban J connectivity index is 1.70. The Labute approximate surface area is 184 Å². The Kier molecular flexibility index (Phi) is 7.54. The highest BCUT2D eigenvalue weighted by Crippen LogP contribution is 2.25. The largest absolute Gasteiger partial charge is 0.372 e. The fourth-order valence-electron chi connectivity index (χ4n) is 3.95. The first kappa shape index (κ1) is 23.1. The topological polar surface area (TPSA) is 69.7 Å². The van der Waals surface area contributed by atoms with Gasteiger partial charge in [-0.1, -0.05) is 31.2 Å². The molecule has 31 heavy (non-hydrogen) atoms. The van der Waals surface area contributed by atoms with Crippen molar-refractivity contribution in [3.63, 3.8) is 0 Å². The predicted octanol–water partition coefficient (Wildman–Crippen LogP) is 3.68. The lowest BCUT2D eigenvalue weighted by Crippen LogP contribution is -2.49. The highest BCUT2D eigenvalue weighted by molar-refractivity contribution is 7.92. The first-order valence-corrected chi connectivity index (χ1v) is 12.5. The van der Waals surface area contributed by atoms with Gasteiger partial charge in [0.15, 0.2) is 0 Å². The van der Waals surface area contributed by atoms with Crippen LogP contribution in [0, 0.1) is 5.82 Å². The van der Waals surface area contributed by atoms with Crippen LogP contribution in [-0.4, -0.2) is 39.7 Å². The average Bonchev–Trinajstić information content (AvgIpc) is 2.76. The summed E-state index contributed by atoms with van der Waals surface area (Å²) >= 11 is 0. The highest BCUT2D eigenvalue weighted by atomic mass is 32.2. The van der Waals surface area contributed by atoms with E-state index in [1.165, 1.54) is 43.1 Å². The molecule has 1 atom stereocenters. The number of hydrogen-bond donors (Lipinski definition) is 1. The molecule has 0 radical (unpaired) electrons. The van der Waals surface area contributed by atoms with Crippen molar-refractivity contribution in [2.45, 2.75) is 45.2 Å². The van der Waals surface area contributed by atoms with Gasteiger partial charge in [0, 0.05) is 25.3 Å². The van der Waals surface area contributed by atoms with Crippen LogP contribution in [0.25, 0.3) is 0 Å². The SMILES string of the molecule is CCC(C(=O)NCc1ccc(N2CCCCC2)cc1)N(c1ccccc1F)S(C)(=O)=O. The summed E-state index contributed by atoms with van der Waals surface area (Å²) in [6.45, 7) is 4.10. The third kappa shape index (κ3) is 5.76. The van der Waals surface area contributed by atoms with Crippen molar-refractivity contribution in [1.82, 2.24) is 5.32 Å². The summed E-state index contributed by atoms with van der Waals surface area (Å²) in [7, 11) is -3.87. The zero-order chi connectivity index (χ0) is 22.4. The fourth-order valence-corrected chi connectivity index (χ4v) is 5.16. The van der Waals surface area contributed by atoms with E-state index in [1.807, 2.05) is 24.3 Å². The number of nitrogens with one attached hydrogen (secondary N) is 1. The van der Waals surface area contributed by atoms with Gasteiger partial charge in [0.2, 0.25) is 15.9 Å². The molecular weight excluding hydrogens is 417 g/mol. The number of hydrogen-bond acceptors (Lipinski definition) is 4. The van der Waals surface area contributed by atoms with E-state index in [2.05, 4.69) is 10.2 Å². The van der Waals surface area contributed by atoms with Gasteiger partial charge >= 0.3 is 0 Å². The molecule has 2 aromatic carbocycles. The maximum absolute atomic E-state index is 14.3. The standard InChI is InChI=1S/C23H30FN3O3S/c1-3-21(27(31(2,29)30)22-10-6-5-9-20(22)24)23(28)25-17-18-11-13-19(14-12-18)26-15-7-4-8-16-26/h5-6,9-14,21H,3-4,7-8,15-17H2,1-2H3,(H,25,28). The summed E-state index contributed by atoms with van der Waals surface area (Å²) in [5.41, 5.74) is 1.96. The molecule has 0 aliphatic carbocycles. The highest BCUT2D eigenvalue weighted by Gasteiger charge is 2.32. The first-order chi connectivity index (χ1) is 14.8. The summed E-state index contributed by atoms with van der Waals surface area (Å²) in [6, 6.07) is 12.6. The summed E-state index contributed by atoms with van der Waals surface area (Å²) in [4.78, 5) is 15.2. The Morgan fingerprint density at radius 2 is 1.74 bits per heavy atom. The predicted molar refractivity (Wildman–Crippen MR) is 122 cm³/mol. The number of anilines is 2. The van der Waals surface area contributed by atoms with Gasteiger partial charge in [-0.15, -0.1) is 0 Å². The van der Waals surface area contributed by atoms with Crippen LogP contribution in [0.1, 0.15) is 38.2 Å². The molecule has 2 aromatic rings. The van der Waals surface area contributed by atoms with Gasteiger partial charge in [-0.2, -0.15) is 0 Å². The maximum atomic E-state index is 14.3. The summed E-state index contributed by atoms with van der Waals surface area (Å²) in [5.74, 6) is -1.15. The zero-order valence-corrected chi connectivity index (χ0v) is 18.9. The lowest BCUT2D eigenvalue weighted by atomic mass is 10.1. The van der Waals surface area contributed by atoms with Crippen LogP contribution in [0.5, 0.6) is 0 Å². The second-order valence-electron chi connectivity index (χ2n) is 7.87. The number of carbonyl (C=O) groups excluding carboxylic acids is 1. The molecule has 1 N–H and O–H groups in total. The van der Waals surface area contributed by atoms with Crippen molar-refractivity contribution in [1.29, 1.82) is 0 Å². The molecule has 0 bridgehead atoms. The van der Waals surface area contributed by atoms with E-state index >= 15 is 0 Å². The van der Waals surface area contributed by atoms with Gasteiger partial charge in [0.1, 0.15) is 11.9 Å². The van der Waals surface area contributed by atoms with E-state index in [1.54, 1.807) is 13.0 Å². The number of sulfonamides is 1. The minimum absolute atomic E-state index is 0.127. The van der Waals surface area contributed by atoms with Gasteiger partial charge in [-0.3, -0.25) is 9.10 Å². The molecule has 168 valence electrons. The third-order valence-electron chi connectivity index (χ3n) is 5.54. The molecule has 1 saturated heterocycles. The lowest BCUT2D eigenvalue weighted by Gasteiger charge is -2.30. The summed E-state index contributed by atoms with van der Waals surface area (Å²) < 4.78 is 40.1. The monoisotopic (exact) mass is 447 g/mol. The van der Waals surface area contributed by atoms with E-state index in [4.69, 9.17) is 0 Å². The first-order valence-electron chi connectivity index (χ1n) is 10.7. The minimum atomic E-state index is -3.87. The Morgan fingerprint density at radius 1 is 1.10 bits per heavy atom. The molecule has 1 aliphatic heterocycles. The van der Waals surface area contributed by atoms with Crippen LogP contribution in [0.4, 0.5) is 15.8 Å². The number of nitrogens with zero attached hydrogens (tertiary/aromatic N) is 2. The number of halogens is 1. The number of benzene rings is 2. The van der Waals surface area contributed by atoms with E-state index in [0.717, 1.165) is 29.2 Å². The molecule has 1 heterocycles. The number of para-hydroxylation sites is 1. The molecule has 1 aliphatic rings. The molecule has 1 fully saturated rings. The van der Waals surface area contributed by atoms with Gasteiger partial charge < -0.3 is 10.2 Å². The molecule has 0 aromatic heterocycles. The van der Waals surface area contributed by atoms with E-state index in [-0.39, 0.29) is 18.7 Å². The van der Waals surface area contributed by atoms with Crippen LogP contribution in [0.2, 0.25) is 0 Å². The van der Waals surface area contributed by atoms with Crippen molar-refractivity contribution in [2.75, 3.05) is 28.6 Å². The van der Waals surface area contributed by atoms with Gasteiger partial charge in [0.25, 0.3) is 0 Å². The lowest BCUT2D eigenvalue weighted by molar-refractivity contribution is -0.122. The van der Waals surface area contributed by atoms with E-state index in [9.17, 15) is 17.6 Å². The molecule has 0 saturated carbocycles. The maximum Gasteiger partial charge on any atom is 0.244 e. The van der Waals surface area contributed by atoms with Crippen LogP contribution >= 0.6 is 0 Å². The van der Waals surface area contributed by atoms with Crippen molar-refractivity contribution >= 4 is 27.3 Å². The molecule has 1 unspecified atom stereocenters. The summed E-state index contributed by atoms with van der Waals surface area (Å²) in [5, 5.41) is 2.81. The van der Waals surface area contributed by atoms with Crippen LogP contribution in [0.15, 0.2) is 48.5 Å². The molecule has 0 spiro atoms. The van der Waals surface area contributed by atoms with Crippen molar-refractivity contribution < 1.29 is 17.6 Å². The molecule has 1 amide bonds. The number of carbonyl (C=O) groups is 1. The third-order valence-corrected chi connectivity index (χ3v) is 6.71. The van der Waals surface area contributed by atoms with Crippen molar-refractivity contribution in [2.24, 2.45) is 0 Å². The van der Waals surface area contributed by atoms with Gasteiger partial charge in [-0.25, -0.2) is 12.8 Å². The Hall–Kier alpha value is -2.61. The Morgan fingerprint density at radius 3 is 2.32 bits per heavy atom. The van der Waals surface area contributed by atoms with Crippen LogP contribution in [0.3, 0.4) is 0 Å². The van der Waals surface area contributed by atoms with Crippen LogP contribution < -0.4 is 14.5 Å². The van der Waals surface area contributed by atoms with E-state index < -0.39 is 27.8 Å². The number of rotatable bonds is 8. The van der Waals surface area contributed by atoms with Crippen molar-refractivity contribution in [3.05, 3.63) is 59.9 Å². The smallest absolute Gasteiger partial charge is 0.244 e. The average molecular weight is 448 g/mol. The van der Waals surface area contributed by atoms with Crippen LogP contribution in [-0.2, 0) is 21.4 Å². The second kappa shape index (κ2) is 10.1. The normalized spacial score (nSPS) is 15.4. The van der Waals surface area contributed by atoms with Crippen molar-refractivity contribution in [3.8, 4) is 0 Å². The second-order valence-corrected chi connectivity index (χ2v) is 9.73. The quantitative estimate of drug-likeness (QED) is 0.670. The molecule has 3 rings (SSSR count). The Bertz CT molecular complexity index is 989. The minimum Gasteiger partial charge on any atom is -0.372 e. The van der Waals surface area contributed by atoms with E-state index in [0.29, 0.717) is 0 Å². The number of piperidine rings is 1. The zero-order valence-electron chi connectivity index (χ0n) is 18.1. The van der Waals surface area contributed by atoms with Gasteiger partial charge in [-0.05, 0) is 55.5 Å². The summed E-state index contributed by atoms with van der Waals surface area (Å²) in [6.07, 6.45) is 4.87. The molecule has 8 heteroatoms.